The molecule has 0 radical (unpaired) electrons. The summed E-state index contributed by atoms with van der Waals surface area (Å²) in [5, 5.41) is 22.5. The van der Waals surface area contributed by atoms with Crippen molar-refractivity contribution in [3.8, 4) is 11.3 Å². The Balaban J connectivity index is 1.63. The molecule has 3 aromatic rings. The standard InChI is InChI=1S/C22H22FN5O4/c1-11-18(29)19(30)16(23)20(32-11)13-7-8-25-9-15(13)28-22(31)17-21(24)26-10-14(27-17)12-5-3-2-4-6-12/h2-11,16,18-20,29-30H,1H3,(H2,24,26)(H,28,31)/t11-,16-,18-,19-,20+/m0/s1. The largest absolute Gasteiger partial charge is 0.388 e. The number of nitrogens with two attached hydrogens (primary N) is 1. The Labute approximate surface area is 183 Å². The van der Waals surface area contributed by atoms with Crippen molar-refractivity contribution in [3.05, 3.63) is 66.2 Å². The van der Waals surface area contributed by atoms with Gasteiger partial charge in [0, 0.05) is 17.3 Å². The number of halogens is 1. The second-order valence-corrected chi connectivity index (χ2v) is 7.46. The number of nitrogens with zero attached hydrogens (tertiary/aromatic N) is 3. The first-order chi connectivity index (χ1) is 15.4. The molecule has 2 aromatic heterocycles. The van der Waals surface area contributed by atoms with Gasteiger partial charge in [-0.25, -0.2) is 14.4 Å². The Bertz CT molecular complexity index is 1120. The number of amides is 1. The van der Waals surface area contributed by atoms with Crippen LogP contribution in [0.4, 0.5) is 15.9 Å². The average molecular weight is 439 g/mol. The molecule has 1 aromatic carbocycles. The maximum atomic E-state index is 14.8. The number of ether oxygens (including phenoxy) is 1. The Morgan fingerprint density at radius 2 is 1.91 bits per heavy atom. The predicted molar refractivity (Wildman–Crippen MR) is 114 cm³/mol. The average Bonchev–Trinajstić information content (AvgIpc) is 2.81. The van der Waals surface area contributed by atoms with Crippen LogP contribution >= 0.6 is 0 Å². The topological polar surface area (TPSA) is 143 Å². The van der Waals surface area contributed by atoms with E-state index in [0.29, 0.717) is 5.69 Å². The summed E-state index contributed by atoms with van der Waals surface area (Å²) in [5.74, 6) is -0.737. The Morgan fingerprint density at radius 3 is 2.66 bits per heavy atom. The van der Waals surface area contributed by atoms with Crippen LogP contribution in [0.1, 0.15) is 29.1 Å². The molecule has 0 saturated carbocycles. The summed E-state index contributed by atoms with van der Waals surface area (Å²) in [7, 11) is 0. The molecule has 0 bridgehead atoms. The van der Waals surface area contributed by atoms with Gasteiger partial charge in [-0.3, -0.25) is 9.78 Å². The molecule has 0 unspecified atom stereocenters. The number of carbonyl (C=O) groups excluding carboxylic acids is 1. The maximum absolute atomic E-state index is 14.8. The van der Waals surface area contributed by atoms with E-state index in [1.807, 2.05) is 30.3 Å². The van der Waals surface area contributed by atoms with Gasteiger partial charge in [0.05, 0.1) is 29.9 Å². The van der Waals surface area contributed by atoms with Gasteiger partial charge in [0.2, 0.25) is 0 Å². The molecule has 1 fully saturated rings. The van der Waals surface area contributed by atoms with E-state index >= 15 is 0 Å². The fourth-order valence-electron chi connectivity index (χ4n) is 3.53. The SMILES string of the molecule is C[C@@H]1O[C@H](c2ccncc2NC(=O)c2nc(-c3ccccc3)cnc2N)[C@@H](F)[C@H](O)[C@H]1O. The molecular weight excluding hydrogens is 417 g/mol. The first-order valence-corrected chi connectivity index (χ1v) is 9.95. The van der Waals surface area contributed by atoms with Gasteiger partial charge in [-0.15, -0.1) is 0 Å². The summed E-state index contributed by atoms with van der Waals surface area (Å²) in [5.41, 5.74) is 7.41. The molecule has 9 nitrogen and oxygen atoms in total. The highest BCUT2D eigenvalue weighted by Gasteiger charge is 2.44. The fourth-order valence-corrected chi connectivity index (χ4v) is 3.53. The number of pyridine rings is 1. The van der Waals surface area contributed by atoms with E-state index in [-0.39, 0.29) is 22.8 Å². The van der Waals surface area contributed by atoms with Crippen molar-refractivity contribution in [1.82, 2.24) is 15.0 Å². The highest BCUT2D eigenvalue weighted by molar-refractivity contribution is 6.06. The lowest BCUT2D eigenvalue weighted by Crippen LogP contribution is -2.51. The second kappa shape index (κ2) is 8.95. The number of aromatic nitrogens is 3. The van der Waals surface area contributed by atoms with Gasteiger partial charge in [-0.1, -0.05) is 30.3 Å². The molecular formula is C22H22FN5O4. The summed E-state index contributed by atoms with van der Waals surface area (Å²) in [6.45, 7) is 1.53. The van der Waals surface area contributed by atoms with Gasteiger partial charge in [0.1, 0.15) is 18.3 Å². The number of rotatable bonds is 4. The van der Waals surface area contributed by atoms with Crippen LogP contribution in [0.3, 0.4) is 0 Å². The fraction of sp³-hybridized carbons (Fsp3) is 0.273. The van der Waals surface area contributed by atoms with Gasteiger partial charge in [-0.2, -0.15) is 0 Å². The summed E-state index contributed by atoms with van der Waals surface area (Å²) in [6.07, 6.45) is -2.74. The zero-order chi connectivity index (χ0) is 22.8. The molecule has 1 amide bonds. The normalized spacial score (nSPS) is 25.3. The van der Waals surface area contributed by atoms with Crippen molar-refractivity contribution in [1.29, 1.82) is 0 Å². The van der Waals surface area contributed by atoms with Crippen LogP contribution < -0.4 is 11.1 Å². The van der Waals surface area contributed by atoms with Crippen molar-refractivity contribution in [2.45, 2.75) is 37.5 Å². The number of carbonyl (C=O) groups is 1. The zero-order valence-electron chi connectivity index (χ0n) is 17.1. The van der Waals surface area contributed by atoms with Crippen LogP contribution in [0.25, 0.3) is 11.3 Å². The molecule has 5 atom stereocenters. The molecule has 5 N–H and O–H groups in total. The molecule has 0 spiro atoms. The van der Waals surface area contributed by atoms with Crippen molar-refractivity contribution in [2.24, 2.45) is 0 Å². The minimum absolute atomic E-state index is 0.0722. The van der Waals surface area contributed by atoms with Crippen molar-refractivity contribution in [3.63, 3.8) is 0 Å². The van der Waals surface area contributed by atoms with E-state index in [9.17, 15) is 19.4 Å². The summed E-state index contributed by atoms with van der Waals surface area (Å²) >= 11 is 0. The Hall–Kier alpha value is -3.47. The number of benzene rings is 1. The molecule has 32 heavy (non-hydrogen) atoms. The third kappa shape index (κ3) is 4.15. The summed E-state index contributed by atoms with van der Waals surface area (Å²) in [6, 6.07) is 10.6. The van der Waals surface area contributed by atoms with Crippen LogP contribution in [-0.2, 0) is 4.74 Å². The Kier molecular flexibility index (Phi) is 6.08. The molecule has 1 aliphatic rings. The van der Waals surface area contributed by atoms with Gasteiger partial charge in [-0.05, 0) is 13.0 Å². The molecule has 3 heterocycles. The quantitative estimate of drug-likeness (QED) is 0.483. The van der Waals surface area contributed by atoms with E-state index in [2.05, 4.69) is 20.3 Å². The van der Waals surface area contributed by atoms with E-state index < -0.39 is 36.5 Å². The van der Waals surface area contributed by atoms with Crippen LogP contribution in [0, 0.1) is 0 Å². The second-order valence-electron chi connectivity index (χ2n) is 7.46. The summed E-state index contributed by atoms with van der Waals surface area (Å²) < 4.78 is 20.4. The minimum atomic E-state index is -1.91. The number of aliphatic hydroxyl groups excluding tert-OH is 2. The molecule has 1 saturated heterocycles. The van der Waals surface area contributed by atoms with E-state index in [0.717, 1.165) is 5.56 Å². The van der Waals surface area contributed by atoms with Gasteiger partial charge < -0.3 is 26.0 Å². The highest BCUT2D eigenvalue weighted by Crippen LogP contribution is 2.37. The number of hydrogen-bond acceptors (Lipinski definition) is 8. The highest BCUT2D eigenvalue weighted by atomic mass is 19.1. The van der Waals surface area contributed by atoms with E-state index in [1.165, 1.54) is 31.6 Å². The number of alkyl halides is 1. The molecule has 166 valence electrons. The predicted octanol–water partition coefficient (Wildman–Crippen LogP) is 1.89. The van der Waals surface area contributed by atoms with Crippen LogP contribution in [-0.4, -0.2) is 55.6 Å². The van der Waals surface area contributed by atoms with Crippen LogP contribution in [0.2, 0.25) is 0 Å². The van der Waals surface area contributed by atoms with Gasteiger partial charge in [0.25, 0.3) is 5.91 Å². The first kappa shape index (κ1) is 21.8. The number of nitrogens with one attached hydrogen (secondary N) is 1. The van der Waals surface area contributed by atoms with Crippen LogP contribution in [0.5, 0.6) is 0 Å². The molecule has 1 aliphatic heterocycles. The van der Waals surface area contributed by atoms with Crippen molar-refractivity contribution < 1.29 is 24.1 Å². The Morgan fingerprint density at radius 1 is 1.16 bits per heavy atom. The minimum Gasteiger partial charge on any atom is -0.388 e. The lowest BCUT2D eigenvalue weighted by Gasteiger charge is -2.38. The molecule has 4 rings (SSSR count). The third-order valence-electron chi connectivity index (χ3n) is 5.30. The van der Waals surface area contributed by atoms with Gasteiger partial charge in [0.15, 0.2) is 17.7 Å². The van der Waals surface area contributed by atoms with E-state index in [4.69, 9.17) is 10.5 Å². The molecule has 10 heteroatoms. The maximum Gasteiger partial charge on any atom is 0.278 e. The monoisotopic (exact) mass is 439 g/mol. The third-order valence-corrected chi connectivity index (χ3v) is 5.30. The number of hydrogen-bond donors (Lipinski definition) is 4. The number of anilines is 2. The first-order valence-electron chi connectivity index (χ1n) is 9.95. The van der Waals surface area contributed by atoms with Crippen molar-refractivity contribution >= 4 is 17.4 Å². The summed E-state index contributed by atoms with van der Waals surface area (Å²) in [4.78, 5) is 25.3. The molecule has 0 aliphatic carbocycles. The lowest BCUT2D eigenvalue weighted by molar-refractivity contribution is -0.200. The number of aliphatic hydroxyl groups is 2. The van der Waals surface area contributed by atoms with E-state index in [1.54, 1.807) is 0 Å². The van der Waals surface area contributed by atoms with Crippen molar-refractivity contribution in [2.75, 3.05) is 11.1 Å². The lowest BCUT2D eigenvalue weighted by atomic mass is 9.92. The van der Waals surface area contributed by atoms with Gasteiger partial charge >= 0.3 is 0 Å². The number of nitrogen functional groups attached to an aromatic ring is 1. The zero-order valence-corrected chi connectivity index (χ0v) is 17.1. The smallest absolute Gasteiger partial charge is 0.278 e. The van der Waals surface area contributed by atoms with Crippen LogP contribution in [0.15, 0.2) is 55.0 Å².